The van der Waals surface area contributed by atoms with Crippen LogP contribution in [0, 0.1) is 0 Å². The third-order valence-electron chi connectivity index (χ3n) is 2.47. The van der Waals surface area contributed by atoms with Crippen LogP contribution in [0.1, 0.15) is 25.6 Å². The van der Waals surface area contributed by atoms with Crippen molar-refractivity contribution in [3.8, 4) is 0 Å². The van der Waals surface area contributed by atoms with Crippen LogP contribution in [-0.4, -0.2) is 28.8 Å². The number of nitrogens with zero attached hydrogens (tertiary/aromatic N) is 2. The van der Waals surface area contributed by atoms with Gasteiger partial charge in [-0.05, 0) is 19.8 Å². The lowest BCUT2D eigenvalue weighted by Crippen LogP contribution is -2.40. The molecule has 1 fully saturated rings. The number of ether oxygens (including phenoxy) is 1. The topological polar surface area (TPSA) is 60.2 Å². The van der Waals surface area contributed by atoms with Gasteiger partial charge in [0.15, 0.2) is 5.82 Å². The lowest BCUT2D eigenvalue weighted by atomic mass is 10.0. The highest BCUT2D eigenvalue weighted by atomic mass is 16.5. The summed E-state index contributed by atoms with van der Waals surface area (Å²) in [5.41, 5.74) is 0. The Bertz CT molecular complexity index is 255. The number of nitrogens with one attached hydrogen (secondary N) is 1. The van der Waals surface area contributed by atoms with Crippen LogP contribution in [-0.2, 0) is 11.3 Å². The van der Waals surface area contributed by atoms with E-state index in [0.29, 0.717) is 18.5 Å². The van der Waals surface area contributed by atoms with Crippen molar-refractivity contribution in [3.05, 3.63) is 12.2 Å². The van der Waals surface area contributed by atoms with Gasteiger partial charge in [0.2, 0.25) is 6.39 Å². The Hall–Kier alpha value is -0.940. The van der Waals surface area contributed by atoms with Crippen LogP contribution in [0.4, 0.5) is 0 Å². The summed E-state index contributed by atoms with van der Waals surface area (Å²) in [5.74, 6) is 0.614. The molecule has 0 saturated carbocycles. The first kappa shape index (κ1) is 9.61. The lowest BCUT2D eigenvalue weighted by Gasteiger charge is -2.27. The van der Waals surface area contributed by atoms with Crippen LogP contribution in [0.15, 0.2) is 10.9 Å². The first-order chi connectivity index (χ1) is 6.84. The molecule has 1 aliphatic rings. The van der Waals surface area contributed by atoms with Crippen molar-refractivity contribution in [2.45, 2.75) is 38.5 Å². The largest absolute Gasteiger partial charge is 0.369 e. The van der Waals surface area contributed by atoms with Crippen LogP contribution in [0.5, 0.6) is 0 Å². The highest BCUT2D eigenvalue weighted by molar-refractivity contribution is 4.78. The van der Waals surface area contributed by atoms with Gasteiger partial charge < -0.3 is 14.6 Å². The fourth-order valence-corrected chi connectivity index (χ4v) is 1.56. The van der Waals surface area contributed by atoms with Gasteiger partial charge in [0.25, 0.3) is 0 Å². The molecule has 0 radical (unpaired) electrons. The molecule has 5 heteroatoms. The zero-order valence-corrected chi connectivity index (χ0v) is 8.27. The van der Waals surface area contributed by atoms with Gasteiger partial charge in [0, 0.05) is 12.6 Å². The fraction of sp³-hybridized carbons (Fsp3) is 0.778. The molecule has 14 heavy (non-hydrogen) atoms. The van der Waals surface area contributed by atoms with Gasteiger partial charge in [-0.1, -0.05) is 5.16 Å². The van der Waals surface area contributed by atoms with Crippen molar-refractivity contribution in [1.29, 1.82) is 0 Å². The monoisotopic (exact) mass is 197 g/mol. The molecule has 2 rings (SSSR count). The van der Waals surface area contributed by atoms with Crippen molar-refractivity contribution < 1.29 is 9.26 Å². The Morgan fingerprint density at radius 1 is 1.64 bits per heavy atom. The Morgan fingerprint density at radius 3 is 3.21 bits per heavy atom. The van der Waals surface area contributed by atoms with Crippen LogP contribution in [0.2, 0.25) is 0 Å². The van der Waals surface area contributed by atoms with E-state index in [-0.39, 0.29) is 6.10 Å². The van der Waals surface area contributed by atoms with Crippen molar-refractivity contribution in [2.24, 2.45) is 0 Å². The van der Waals surface area contributed by atoms with E-state index in [2.05, 4.69) is 26.9 Å². The molecule has 78 valence electrons. The summed E-state index contributed by atoms with van der Waals surface area (Å²) in [7, 11) is 0. The van der Waals surface area contributed by atoms with Gasteiger partial charge in [0.05, 0.1) is 6.10 Å². The van der Waals surface area contributed by atoms with E-state index in [1.807, 2.05) is 0 Å². The molecule has 2 unspecified atom stereocenters. The van der Waals surface area contributed by atoms with Crippen molar-refractivity contribution in [3.63, 3.8) is 0 Å². The molecule has 2 atom stereocenters. The van der Waals surface area contributed by atoms with Gasteiger partial charge in [-0.25, -0.2) is 0 Å². The van der Waals surface area contributed by atoms with Crippen molar-refractivity contribution >= 4 is 0 Å². The quantitative estimate of drug-likeness (QED) is 0.774. The van der Waals surface area contributed by atoms with Crippen LogP contribution in [0.3, 0.4) is 0 Å². The van der Waals surface area contributed by atoms with Gasteiger partial charge >= 0.3 is 0 Å². The number of piperidine rings is 1. The normalized spacial score (nSPS) is 27.8. The maximum absolute atomic E-state index is 5.63. The molecule has 0 spiro atoms. The third-order valence-corrected chi connectivity index (χ3v) is 2.47. The van der Waals surface area contributed by atoms with Crippen LogP contribution in [0.25, 0.3) is 0 Å². The molecule has 2 heterocycles. The predicted octanol–water partition coefficient (Wildman–Crippen LogP) is 0.727. The Morgan fingerprint density at radius 2 is 2.57 bits per heavy atom. The number of aromatic nitrogens is 2. The Labute approximate surface area is 82.8 Å². The van der Waals surface area contributed by atoms with Gasteiger partial charge in [0.1, 0.15) is 6.61 Å². The van der Waals surface area contributed by atoms with Gasteiger partial charge in [-0.3, -0.25) is 0 Å². The van der Waals surface area contributed by atoms with E-state index >= 15 is 0 Å². The predicted molar refractivity (Wildman–Crippen MR) is 49.6 cm³/mol. The molecule has 0 amide bonds. The van der Waals surface area contributed by atoms with Gasteiger partial charge in [-0.15, -0.1) is 0 Å². The minimum atomic E-state index is 0.282. The summed E-state index contributed by atoms with van der Waals surface area (Å²) in [4.78, 5) is 3.89. The maximum atomic E-state index is 5.63. The van der Waals surface area contributed by atoms with Crippen molar-refractivity contribution in [1.82, 2.24) is 15.5 Å². The minimum Gasteiger partial charge on any atom is -0.369 e. The summed E-state index contributed by atoms with van der Waals surface area (Å²) in [5, 5.41) is 7.06. The molecule has 1 saturated heterocycles. The van der Waals surface area contributed by atoms with Crippen molar-refractivity contribution in [2.75, 3.05) is 6.54 Å². The summed E-state index contributed by atoms with van der Waals surface area (Å²) >= 11 is 0. The Kier molecular flexibility index (Phi) is 3.10. The third kappa shape index (κ3) is 2.52. The minimum absolute atomic E-state index is 0.282. The SMILES string of the molecule is CC1CCC(OCc2ncon2)CN1. The van der Waals surface area contributed by atoms with Crippen LogP contribution < -0.4 is 5.32 Å². The average molecular weight is 197 g/mol. The number of hydrogen-bond donors (Lipinski definition) is 1. The second-order valence-corrected chi connectivity index (χ2v) is 3.67. The first-order valence-electron chi connectivity index (χ1n) is 4.95. The maximum Gasteiger partial charge on any atom is 0.213 e. The summed E-state index contributed by atoms with van der Waals surface area (Å²) in [6.07, 6.45) is 3.87. The summed E-state index contributed by atoms with van der Waals surface area (Å²) in [6, 6.07) is 0.611. The van der Waals surface area contributed by atoms with E-state index in [0.717, 1.165) is 19.4 Å². The molecule has 0 aliphatic carbocycles. The molecule has 0 bridgehead atoms. The fourth-order valence-electron chi connectivity index (χ4n) is 1.56. The molecular weight excluding hydrogens is 182 g/mol. The highest BCUT2D eigenvalue weighted by Gasteiger charge is 2.18. The lowest BCUT2D eigenvalue weighted by molar-refractivity contribution is 0.0153. The van der Waals surface area contributed by atoms with E-state index < -0.39 is 0 Å². The molecule has 5 nitrogen and oxygen atoms in total. The molecule has 0 aromatic carbocycles. The second-order valence-electron chi connectivity index (χ2n) is 3.67. The van der Waals surface area contributed by atoms with E-state index in [1.165, 1.54) is 6.39 Å². The average Bonchev–Trinajstić information content (AvgIpc) is 2.70. The second kappa shape index (κ2) is 4.52. The van der Waals surface area contributed by atoms with Gasteiger partial charge in [-0.2, -0.15) is 4.98 Å². The van der Waals surface area contributed by atoms with E-state index in [1.54, 1.807) is 0 Å². The molecule has 1 aliphatic heterocycles. The smallest absolute Gasteiger partial charge is 0.213 e. The van der Waals surface area contributed by atoms with E-state index in [4.69, 9.17) is 4.74 Å². The van der Waals surface area contributed by atoms with E-state index in [9.17, 15) is 0 Å². The summed E-state index contributed by atoms with van der Waals surface area (Å²) < 4.78 is 10.2. The number of rotatable bonds is 3. The molecular formula is C9H15N3O2. The Balaban J connectivity index is 1.71. The zero-order valence-electron chi connectivity index (χ0n) is 8.27. The zero-order chi connectivity index (χ0) is 9.80. The molecule has 1 aromatic heterocycles. The first-order valence-corrected chi connectivity index (χ1v) is 4.95. The molecule has 1 N–H and O–H groups in total. The standard InChI is InChI=1S/C9H15N3O2/c1-7-2-3-8(4-10-7)13-5-9-11-6-14-12-9/h6-8,10H,2-5H2,1H3. The summed E-state index contributed by atoms with van der Waals surface area (Å²) in [6.45, 7) is 3.55. The highest BCUT2D eigenvalue weighted by Crippen LogP contribution is 2.11. The number of hydrogen-bond acceptors (Lipinski definition) is 5. The van der Waals surface area contributed by atoms with Crippen LogP contribution >= 0.6 is 0 Å². The molecule has 1 aromatic rings.